The largest absolute Gasteiger partial charge is 0.480 e. The lowest BCUT2D eigenvalue weighted by atomic mass is 10.0. The van der Waals surface area contributed by atoms with Crippen molar-refractivity contribution in [2.75, 3.05) is 0 Å². The van der Waals surface area contributed by atoms with Gasteiger partial charge in [-0.1, -0.05) is 11.6 Å². The molecule has 2 aromatic heterocycles. The van der Waals surface area contributed by atoms with Gasteiger partial charge in [0.25, 0.3) is 5.91 Å². The molecule has 0 spiro atoms. The molecule has 0 aromatic carbocycles. The fraction of sp³-hybridized carbons (Fsp3) is 0.385. The molecule has 2 N–H and O–H groups in total. The number of rotatable bonds is 2. The van der Waals surface area contributed by atoms with Gasteiger partial charge >= 0.3 is 5.97 Å². The second kappa shape index (κ2) is 5.13. The van der Waals surface area contributed by atoms with E-state index in [1.54, 1.807) is 14.0 Å². The van der Waals surface area contributed by atoms with Crippen LogP contribution in [0.3, 0.4) is 0 Å². The number of aryl methyl sites for hydroxylation is 2. The highest BCUT2D eigenvalue weighted by molar-refractivity contribution is 6.34. The van der Waals surface area contributed by atoms with Gasteiger partial charge in [0.1, 0.15) is 11.7 Å². The van der Waals surface area contributed by atoms with Gasteiger partial charge < -0.3 is 15.0 Å². The Balaban J connectivity index is 2.01. The summed E-state index contributed by atoms with van der Waals surface area (Å²) in [6.07, 6.45) is 1.66. The number of H-pyrrole nitrogens is 1. The van der Waals surface area contributed by atoms with Crippen molar-refractivity contribution in [3.8, 4) is 0 Å². The maximum Gasteiger partial charge on any atom is 0.326 e. The van der Waals surface area contributed by atoms with Gasteiger partial charge in [-0.15, -0.1) is 0 Å². The van der Waals surface area contributed by atoms with Crippen LogP contribution in [-0.2, 0) is 24.8 Å². The Labute approximate surface area is 130 Å². The molecular weight excluding hydrogens is 310 g/mol. The Hall–Kier alpha value is -2.35. The van der Waals surface area contributed by atoms with Crippen molar-refractivity contribution in [2.45, 2.75) is 25.9 Å². The van der Waals surface area contributed by atoms with Crippen LogP contribution in [0.4, 0.5) is 0 Å². The number of carbonyl (C=O) groups is 2. The van der Waals surface area contributed by atoms with E-state index in [2.05, 4.69) is 15.1 Å². The third kappa shape index (κ3) is 2.16. The van der Waals surface area contributed by atoms with Gasteiger partial charge in [-0.2, -0.15) is 5.10 Å². The lowest BCUT2D eigenvalue weighted by Crippen LogP contribution is -2.49. The minimum Gasteiger partial charge on any atom is -0.480 e. The second-order valence-electron chi connectivity index (χ2n) is 5.19. The number of hydrogen-bond donors (Lipinski definition) is 2. The number of halogens is 1. The molecule has 22 heavy (non-hydrogen) atoms. The van der Waals surface area contributed by atoms with E-state index in [1.807, 2.05) is 0 Å². The fourth-order valence-corrected chi connectivity index (χ4v) is 2.91. The zero-order valence-electron chi connectivity index (χ0n) is 12.0. The van der Waals surface area contributed by atoms with Crippen molar-refractivity contribution < 1.29 is 14.7 Å². The van der Waals surface area contributed by atoms with E-state index in [4.69, 9.17) is 11.6 Å². The molecule has 0 unspecified atom stereocenters. The first kappa shape index (κ1) is 14.6. The Morgan fingerprint density at radius 1 is 1.50 bits per heavy atom. The van der Waals surface area contributed by atoms with Crippen molar-refractivity contribution in [3.63, 3.8) is 0 Å². The number of aromatic amines is 1. The van der Waals surface area contributed by atoms with Crippen LogP contribution in [0.15, 0.2) is 6.33 Å². The summed E-state index contributed by atoms with van der Waals surface area (Å²) in [5, 5.41) is 13.8. The van der Waals surface area contributed by atoms with Crippen molar-refractivity contribution in [2.24, 2.45) is 7.05 Å². The average Bonchev–Trinajstić information content (AvgIpc) is 3.01. The molecule has 1 aliphatic rings. The summed E-state index contributed by atoms with van der Waals surface area (Å²) >= 11 is 6.14. The van der Waals surface area contributed by atoms with Gasteiger partial charge in [-0.3, -0.25) is 9.48 Å². The quantitative estimate of drug-likeness (QED) is 0.849. The second-order valence-corrected chi connectivity index (χ2v) is 5.57. The van der Waals surface area contributed by atoms with E-state index in [9.17, 15) is 14.7 Å². The van der Waals surface area contributed by atoms with Crippen LogP contribution in [0.5, 0.6) is 0 Å². The van der Waals surface area contributed by atoms with Crippen molar-refractivity contribution in [1.82, 2.24) is 24.6 Å². The normalized spacial score (nSPS) is 17.4. The van der Waals surface area contributed by atoms with Crippen LogP contribution < -0.4 is 0 Å². The summed E-state index contributed by atoms with van der Waals surface area (Å²) in [5.41, 5.74) is 2.12. The van der Waals surface area contributed by atoms with E-state index < -0.39 is 17.9 Å². The minimum atomic E-state index is -1.07. The molecule has 3 rings (SSSR count). The smallest absolute Gasteiger partial charge is 0.326 e. The monoisotopic (exact) mass is 323 g/mol. The maximum absolute atomic E-state index is 12.8. The van der Waals surface area contributed by atoms with Crippen LogP contribution in [0, 0.1) is 6.92 Å². The number of aliphatic carboxylic acids is 1. The minimum absolute atomic E-state index is 0.145. The summed E-state index contributed by atoms with van der Waals surface area (Å²) in [6.45, 7) is 1.84. The lowest BCUT2D eigenvalue weighted by Gasteiger charge is -2.32. The number of nitrogens with zero attached hydrogens (tertiary/aromatic N) is 4. The van der Waals surface area contributed by atoms with E-state index >= 15 is 0 Å². The number of hydrogen-bond acceptors (Lipinski definition) is 4. The molecule has 9 heteroatoms. The highest BCUT2D eigenvalue weighted by Crippen LogP contribution is 2.26. The third-order valence-electron chi connectivity index (χ3n) is 3.80. The zero-order valence-corrected chi connectivity index (χ0v) is 12.8. The van der Waals surface area contributed by atoms with Gasteiger partial charge in [0.05, 0.1) is 35.0 Å². The molecule has 1 amide bonds. The van der Waals surface area contributed by atoms with Crippen molar-refractivity contribution in [1.29, 1.82) is 0 Å². The summed E-state index contributed by atoms with van der Waals surface area (Å²) in [4.78, 5) is 32.6. The highest BCUT2D eigenvalue weighted by atomic mass is 35.5. The summed E-state index contributed by atoms with van der Waals surface area (Å²) in [5.74, 6) is -1.53. The number of amides is 1. The van der Waals surface area contributed by atoms with Crippen molar-refractivity contribution in [3.05, 3.63) is 34.1 Å². The van der Waals surface area contributed by atoms with Crippen LogP contribution >= 0.6 is 11.6 Å². The first-order chi connectivity index (χ1) is 10.4. The highest BCUT2D eigenvalue weighted by Gasteiger charge is 2.38. The molecule has 0 aliphatic carbocycles. The number of fused-ring (bicyclic) bond motifs is 1. The first-order valence-electron chi connectivity index (χ1n) is 6.64. The van der Waals surface area contributed by atoms with E-state index in [0.717, 1.165) is 5.69 Å². The standard InChI is InChI=1S/C13H14ClN5O3/c1-6-10(14)11(18(2)17-6)12(20)19-4-8-7(15-5-16-8)3-9(19)13(21)22/h5,9H,3-4H2,1-2H3,(H,15,16)(H,21,22)/t9-/m1/s1. The molecule has 3 heterocycles. The molecule has 8 nitrogen and oxygen atoms in total. The number of carbonyl (C=O) groups excluding carboxylic acids is 1. The summed E-state index contributed by atoms with van der Waals surface area (Å²) in [7, 11) is 1.60. The van der Waals surface area contributed by atoms with E-state index in [1.165, 1.54) is 15.9 Å². The molecule has 0 bridgehead atoms. The number of imidazole rings is 1. The van der Waals surface area contributed by atoms with Gasteiger partial charge in [0.15, 0.2) is 0 Å². The Kier molecular flexibility index (Phi) is 3.40. The molecule has 0 saturated carbocycles. The molecule has 2 aromatic rings. The van der Waals surface area contributed by atoms with Gasteiger partial charge in [0, 0.05) is 13.5 Å². The summed E-state index contributed by atoms with van der Waals surface area (Å²) in [6, 6.07) is -0.977. The Morgan fingerprint density at radius 2 is 2.23 bits per heavy atom. The average molecular weight is 324 g/mol. The summed E-state index contributed by atoms with van der Waals surface area (Å²) < 4.78 is 1.38. The predicted octanol–water partition coefficient (Wildman–Crippen LogP) is 0.757. The SMILES string of the molecule is Cc1nn(C)c(C(=O)N2Cc3[nH]cnc3C[C@@H]2C(=O)O)c1Cl. The van der Waals surface area contributed by atoms with Crippen molar-refractivity contribution >= 4 is 23.5 Å². The topological polar surface area (TPSA) is 104 Å². The zero-order chi connectivity index (χ0) is 16.0. The number of carboxylic acid groups (broad SMARTS) is 1. The number of aromatic nitrogens is 4. The van der Waals surface area contributed by atoms with Gasteiger partial charge in [0.2, 0.25) is 0 Å². The van der Waals surface area contributed by atoms with Gasteiger partial charge in [-0.05, 0) is 6.92 Å². The van der Waals surface area contributed by atoms with Crippen LogP contribution in [-0.4, -0.2) is 47.7 Å². The molecule has 1 atom stereocenters. The van der Waals surface area contributed by atoms with E-state index in [-0.39, 0.29) is 23.7 Å². The molecule has 0 radical (unpaired) electrons. The third-order valence-corrected chi connectivity index (χ3v) is 4.25. The number of carboxylic acids is 1. The fourth-order valence-electron chi connectivity index (χ4n) is 2.67. The van der Waals surface area contributed by atoms with Gasteiger partial charge in [-0.25, -0.2) is 9.78 Å². The molecule has 1 aliphatic heterocycles. The van der Waals surface area contributed by atoms with Crippen LogP contribution in [0.1, 0.15) is 27.6 Å². The predicted molar refractivity (Wildman–Crippen MR) is 76.5 cm³/mol. The maximum atomic E-state index is 12.8. The molecule has 0 saturated heterocycles. The van der Waals surface area contributed by atoms with Crippen LogP contribution in [0.2, 0.25) is 5.02 Å². The molecular formula is C13H14ClN5O3. The Morgan fingerprint density at radius 3 is 2.82 bits per heavy atom. The molecule has 116 valence electrons. The first-order valence-corrected chi connectivity index (χ1v) is 7.02. The van der Waals surface area contributed by atoms with Crippen LogP contribution in [0.25, 0.3) is 0 Å². The Bertz CT molecular complexity index is 766. The van der Waals surface area contributed by atoms with E-state index in [0.29, 0.717) is 11.4 Å². The molecule has 0 fully saturated rings. The lowest BCUT2D eigenvalue weighted by molar-refractivity contribution is -0.142. The number of nitrogens with one attached hydrogen (secondary N) is 1.